The van der Waals surface area contributed by atoms with E-state index in [2.05, 4.69) is 20.9 Å². The van der Waals surface area contributed by atoms with Crippen LogP contribution in [-0.4, -0.2) is 16.1 Å². The molecule has 0 fully saturated rings. The van der Waals surface area contributed by atoms with E-state index in [-0.39, 0.29) is 16.1 Å². The number of aromatic nitrogens is 1. The van der Waals surface area contributed by atoms with Crippen LogP contribution in [0.5, 0.6) is 0 Å². The number of nitrogens with zero attached hydrogens (tertiary/aromatic N) is 1. The minimum atomic E-state index is -0.986. The van der Waals surface area contributed by atoms with Gasteiger partial charge in [0.25, 0.3) is 0 Å². The van der Waals surface area contributed by atoms with Gasteiger partial charge in [-0.1, -0.05) is 20.8 Å². The Balaban J connectivity index is 2.58. The predicted octanol–water partition coefficient (Wildman–Crippen LogP) is 4.71. The van der Waals surface area contributed by atoms with Crippen LogP contribution in [0, 0.1) is 5.82 Å². The van der Waals surface area contributed by atoms with Gasteiger partial charge < -0.3 is 5.11 Å². The second-order valence-electron chi connectivity index (χ2n) is 5.38. The molecule has 3 nitrogen and oxygen atoms in total. The summed E-state index contributed by atoms with van der Waals surface area (Å²) in [6.07, 6.45) is 0. The average Bonchev–Trinajstić information content (AvgIpc) is 2.77. The lowest BCUT2D eigenvalue weighted by Crippen LogP contribution is -2.16. The Hall–Kier alpha value is -1.27. The highest BCUT2D eigenvalue weighted by Gasteiger charge is 2.27. The Morgan fingerprint density at radius 1 is 1.40 bits per heavy atom. The largest absolute Gasteiger partial charge is 0.477 e. The third-order valence-corrected chi connectivity index (χ3v) is 4.40. The summed E-state index contributed by atoms with van der Waals surface area (Å²) in [5.41, 5.74) is 0.881. The molecule has 1 aromatic heterocycles. The Labute approximate surface area is 128 Å². The van der Waals surface area contributed by atoms with Crippen molar-refractivity contribution in [3.8, 4) is 10.6 Å². The third kappa shape index (κ3) is 2.91. The molecular formula is C14H13BrFNO2S. The van der Waals surface area contributed by atoms with Crippen LogP contribution in [0.15, 0.2) is 22.7 Å². The first-order valence-electron chi connectivity index (χ1n) is 5.90. The van der Waals surface area contributed by atoms with Gasteiger partial charge in [0.2, 0.25) is 0 Å². The smallest absolute Gasteiger partial charge is 0.347 e. The number of carbonyl (C=O) groups is 1. The van der Waals surface area contributed by atoms with Gasteiger partial charge >= 0.3 is 5.97 Å². The molecule has 0 saturated heterocycles. The second kappa shape index (κ2) is 5.26. The molecule has 0 amide bonds. The first-order chi connectivity index (χ1) is 9.20. The van der Waals surface area contributed by atoms with Gasteiger partial charge in [-0.05, 0) is 34.1 Å². The van der Waals surface area contributed by atoms with Gasteiger partial charge in [0.05, 0.1) is 10.2 Å². The van der Waals surface area contributed by atoms with Crippen LogP contribution in [0.25, 0.3) is 10.6 Å². The number of hydrogen-bond acceptors (Lipinski definition) is 3. The number of rotatable bonds is 2. The van der Waals surface area contributed by atoms with E-state index in [1.165, 1.54) is 6.07 Å². The first-order valence-corrected chi connectivity index (χ1v) is 7.51. The van der Waals surface area contributed by atoms with Crippen molar-refractivity contribution in [1.82, 2.24) is 4.98 Å². The highest BCUT2D eigenvalue weighted by atomic mass is 79.9. The Bertz CT molecular complexity index is 676. The van der Waals surface area contributed by atoms with Crippen LogP contribution in [0.1, 0.15) is 36.1 Å². The Morgan fingerprint density at radius 3 is 2.50 bits per heavy atom. The van der Waals surface area contributed by atoms with Crippen LogP contribution in [-0.2, 0) is 5.41 Å². The maximum absolute atomic E-state index is 13.3. The fourth-order valence-corrected chi connectivity index (χ4v) is 3.22. The number of benzene rings is 1. The van der Waals surface area contributed by atoms with Crippen molar-refractivity contribution in [1.29, 1.82) is 0 Å². The molecule has 0 radical (unpaired) electrons. The fraction of sp³-hybridized carbons (Fsp3) is 0.286. The number of hydrogen-bond donors (Lipinski definition) is 1. The summed E-state index contributed by atoms with van der Waals surface area (Å²) in [4.78, 5) is 16.0. The van der Waals surface area contributed by atoms with Crippen molar-refractivity contribution in [3.05, 3.63) is 39.1 Å². The minimum absolute atomic E-state index is 0.230. The van der Waals surface area contributed by atoms with Gasteiger partial charge in [-0.2, -0.15) is 0 Å². The second-order valence-corrected chi connectivity index (χ2v) is 7.23. The maximum atomic E-state index is 13.3. The fourth-order valence-electron chi connectivity index (χ4n) is 1.73. The molecule has 0 saturated carbocycles. The number of halogens is 2. The summed E-state index contributed by atoms with van der Waals surface area (Å²) in [6.45, 7) is 5.75. The van der Waals surface area contributed by atoms with Gasteiger partial charge in [-0.25, -0.2) is 14.2 Å². The van der Waals surface area contributed by atoms with Crippen molar-refractivity contribution in [2.75, 3.05) is 0 Å². The molecule has 106 valence electrons. The number of carboxylic acid groups (broad SMARTS) is 1. The van der Waals surface area contributed by atoms with Gasteiger partial charge in [0.15, 0.2) is 0 Å². The molecule has 2 rings (SSSR count). The standard InChI is InChI=1S/C14H13BrFNO2S/c1-14(2,3)11-10(13(18)19)20-12(17-11)7-4-5-9(16)8(15)6-7/h4-6H,1-3H3,(H,18,19). The molecule has 0 bridgehead atoms. The van der Waals surface area contributed by atoms with E-state index in [0.717, 1.165) is 11.3 Å². The average molecular weight is 358 g/mol. The normalized spacial score (nSPS) is 11.7. The van der Waals surface area contributed by atoms with Crippen molar-refractivity contribution in [2.45, 2.75) is 26.2 Å². The van der Waals surface area contributed by atoms with E-state index >= 15 is 0 Å². The van der Waals surface area contributed by atoms with Crippen LogP contribution in [0.2, 0.25) is 0 Å². The van der Waals surface area contributed by atoms with E-state index in [1.807, 2.05) is 20.8 Å². The van der Waals surface area contributed by atoms with Crippen molar-refractivity contribution in [2.24, 2.45) is 0 Å². The SMILES string of the molecule is CC(C)(C)c1nc(-c2ccc(F)c(Br)c2)sc1C(=O)O. The molecule has 0 aliphatic rings. The van der Waals surface area contributed by atoms with Crippen LogP contribution >= 0.6 is 27.3 Å². The predicted molar refractivity (Wildman–Crippen MR) is 80.9 cm³/mol. The van der Waals surface area contributed by atoms with E-state index < -0.39 is 5.97 Å². The lowest BCUT2D eigenvalue weighted by atomic mass is 9.91. The third-order valence-electron chi connectivity index (χ3n) is 2.70. The van der Waals surface area contributed by atoms with E-state index in [9.17, 15) is 14.3 Å². The van der Waals surface area contributed by atoms with Crippen LogP contribution in [0.4, 0.5) is 4.39 Å². The van der Waals surface area contributed by atoms with Crippen molar-refractivity contribution in [3.63, 3.8) is 0 Å². The lowest BCUT2D eigenvalue weighted by molar-refractivity contribution is 0.0699. The molecule has 0 aliphatic heterocycles. The van der Waals surface area contributed by atoms with Gasteiger partial charge in [0, 0.05) is 11.0 Å². The summed E-state index contributed by atoms with van der Waals surface area (Å²) in [5, 5.41) is 9.87. The van der Waals surface area contributed by atoms with E-state index in [4.69, 9.17) is 0 Å². The van der Waals surface area contributed by atoms with Crippen molar-refractivity contribution < 1.29 is 14.3 Å². The molecule has 1 heterocycles. The van der Waals surface area contributed by atoms with E-state index in [0.29, 0.717) is 20.7 Å². The zero-order valence-corrected chi connectivity index (χ0v) is 13.6. The zero-order chi connectivity index (χ0) is 15.1. The molecule has 1 N–H and O–H groups in total. The Morgan fingerprint density at radius 2 is 2.05 bits per heavy atom. The summed E-state index contributed by atoms with van der Waals surface area (Å²) in [6, 6.07) is 4.53. The summed E-state index contributed by atoms with van der Waals surface area (Å²) in [5.74, 6) is -1.35. The summed E-state index contributed by atoms with van der Waals surface area (Å²) < 4.78 is 13.6. The first kappa shape index (κ1) is 15.1. The van der Waals surface area contributed by atoms with Gasteiger partial charge in [-0.3, -0.25) is 0 Å². The highest BCUT2D eigenvalue weighted by molar-refractivity contribution is 9.10. The zero-order valence-electron chi connectivity index (χ0n) is 11.2. The molecule has 1 aromatic carbocycles. The summed E-state index contributed by atoms with van der Waals surface area (Å²) >= 11 is 4.23. The maximum Gasteiger partial charge on any atom is 0.347 e. The number of thiazole rings is 1. The molecule has 6 heteroatoms. The molecule has 0 spiro atoms. The van der Waals surface area contributed by atoms with Gasteiger partial charge in [0.1, 0.15) is 15.7 Å². The quantitative estimate of drug-likeness (QED) is 0.846. The molecule has 20 heavy (non-hydrogen) atoms. The minimum Gasteiger partial charge on any atom is -0.477 e. The van der Waals surface area contributed by atoms with Gasteiger partial charge in [-0.15, -0.1) is 11.3 Å². The molecule has 0 aliphatic carbocycles. The Kier molecular flexibility index (Phi) is 3.97. The number of carboxylic acids is 1. The lowest BCUT2D eigenvalue weighted by Gasteiger charge is -2.16. The number of aromatic carboxylic acids is 1. The molecule has 0 unspecified atom stereocenters. The molecule has 2 aromatic rings. The topological polar surface area (TPSA) is 50.2 Å². The summed E-state index contributed by atoms with van der Waals surface area (Å²) in [7, 11) is 0. The molecular weight excluding hydrogens is 345 g/mol. The monoisotopic (exact) mass is 357 g/mol. The highest BCUT2D eigenvalue weighted by Crippen LogP contribution is 2.35. The molecule has 0 atom stereocenters. The van der Waals surface area contributed by atoms with Crippen molar-refractivity contribution >= 4 is 33.2 Å². The van der Waals surface area contributed by atoms with E-state index in [1.54, 1.807) is 12.1 Å². The van der Waals surface area contributed by atoms with Crippen LogP contribution in [0.3, 0.4) is 0 Å². The van der Waals surface area contributed by atoms with Crippen LogP contribution < -0.4 is 0 Å².